The monoisotopic (exact) mass is 310 g/mol. The average Bonchev–Trinajstić information content (AvgIpc) is 3.18. The van der Waals surface area contributed by atoms with E-state index in [1.54, 1.807) is 13.0 Å². The van der Waals surface area contributed by atoms with Gasteiger partial charge in [0.15, 0.2) is 0 Å². The largest absolute Gasteiger partial charge is 0.463 e. The lowest BCUT2D eigenvalue weighted by Crippen LogP contribution is -1.98. The molecule has 0 saturated heterocycles. The average molecular weight is 311 g/mol. The first-order chi connectivity index (χ1) is 9.61. The fourth-order valence-electron chi connectivity index (χ4n) is 2.08. The lowest BCUT2D eigenvalue weighted by atomic mass is 10.1. The minimum absolute atomic E-state index is 0.311. The van der Waals surface area contributed by atoms with Crippen molar-refractivity contribution in [1.82, 2.24) is 0 Å². The van der Waals surface area contributed by atoms with Crippen LogP contribution in [-0.4, -0.2) is 12.6 Å². The van der Waals surface area contributed by atoms with Gasteiger partial charge in [-0.25, -0.2) is 4.79 Å². The number of ether oxygens (including phenoxy) is 1. The molecule has 0 radical (unpaired) electrons. The number of rotatable bonds is 5. The Labute approximate surface area is 129 Å². The number of hydrogen-bond acceptors (Lipinski definition) is 2. The number of carbonyl (C=O) groups is 1. The van der Waals surface area contributed by atoms with Crippen molar-refractivity contribution in [2.75, 3.05) is 6.61 Å². The maximum absolute atomic E-state index is 11.1. The molecule has 20 heavy (non-hydrogen) atoms. The Balaban J connectivity index is 1.86. The SMILES string of the molecule is CCOC(=O)/C=C/C=C/[C@@H]1C[C@H]1c1ccc(Cl)c(Cl)c1. The highest BCUT2D eigenvalue weighted by Crippen LogP contribution is 2.49. The molecule has 0 bridgehead atoms. The molecule has 1 saturated carbocycles. The summed E-state index contributed by atoms with van der Waals surface area (Å²) in [6.07, 6.45) is 8.22. The molecule has 0 aliphatic heterocycles. The van der Waals surface area contributed by atoms with Gasteiger partial charge in [0, 0.05) is 6.08 Å². The van der Waals surface area contributed by atoms with Gasteiger partial charge in [0.1, 0.15) is 0 Å². The van der Waals surface area contributed by atoms with Crippen LogP contribution in [0, 0.1) is 5.92 Å². The van der Waals surface area contributed by atoms with Crippen LogP contribution >= 0.6 is 23.2 Å². The van der Waals surface area contributed by atoms with Gasteiger partial charge in [-0.2, -0.15) is 0 Å². The predicted octanol–water partition coefficient (Wildman–Crippen LogP) is 4.77. The van der Waals surface area contributed by atoms with E-state index in [0.29, 0.717) is 28.5 Å². The standard InChI is InChI=1S/C16H16Cl2O2/c1-2-20-16(19)6-4-3-5-11-9-13(11)12-7-8-14(17)15(18)10-12/h3-8,10-11,13H,2,9H2,1H3/b5-3+,6-4+/t11-,13-/m1/s1. The zero-order chi connectivity index (χ0) is 14.5. The molecule has 0 unspecified atom stereocenters. The molecule has 2 nitrogen and oxygen atoms in total. The minimum Gasteiger partial charge on any atom is -0.463 e. The molecular formula is C16H16Cl2O2. The third-order valence-electron chi connectivity index (χ3n) is 3.20. The van der Waals surface area contributed by atoms with Crippen molar-refractivity contribution in [2.45, 2.75) is 19.3 Å². The number of halogens is 2. The van der Waals surface area contributed by atoms with Crippen LogP contribution in [0.4, 0.5) is 0 Å². The van der Waals surface area contributed by atoms with Gasteiger partial charge in [-0.3, -0.25) is 0 Å². The molecule has 1 aromatic carbocycles. The van der Waals surface area contributed by atoms with Crippen molar-refractivity contribution in [3.63, 3.8) is 0 Å². The normalized spacial score (nSPS) is 21.6. The van der Waals surface area contributed by atoms with Crippen molar-refractivity contribution in [3.8, 4) is 0 Å². The number of allylic oxidation sites excluding steroid dienone is 3. The van der Waals surface area contributed by atoms with E-state index in [-0.39, 0.29) is 5.97 Å². The maximum Gasteiger partial charge on any atom is 0.330 e. The third-order valence-corrected chi connectivity index (χ3v) is 3.94. The Kier molecular flexibility index (Phi) is 5.27. The molecule has 0 spiro atoms. The van der Waals surface area contributed by atoms with E-state index in [2.05, 4.69) is 6.08 Å². The number of hydrogen-bond donors (Lipinski definition) is 0. The minimum atomic E-state index is -0.311. The van der Waals surface area contributed by atoms with E-state index in [1.165, 1.54) is 11.6 Å². The Morgan fingerprint density at radius 2 is 2.15 bits per heavy atom. The summed E-state index contributed by atoms with van der Waals surface area (Å²) in [6.45, 7) is 2.18. The van der Waals surface area contributed by atoms with Crippen LogP contribution in [-0.2, 0) is 9.53 Å². The molecule has 2 rings (SSSR count). The molecule has 0 N–H and O–H groups in total. The highest BCUT2D eigenvalue weighted by Gasteiger charge is 2.36. The summed E-state index contributed by atoms with van der Waals surface area (Å²) in [6, 6.07) is 5.77. The van der Waals surface area contributed by atoms with E-state index >= 15 is 0 Å². The van der Waals surface area contributed by atoms with Gasteiger partial charge in [0.05, 0.1) is 16.7 Å². The number of benzene rings is 1. The number of carbonyl (C=O) groups excluding carboxylic acids is 1. The van der Waals surface area contributed by atoms with E-state index in [9.17, 15) is 4.79 Å². The van der Waals surface area contributed by atoms with E-state index < -0.39 is 0 Å². The number of esters is 1. The van der Waals surface area contributed by atoms with Gasteiger partial charge >= 0.3 is 5.97 Å². The molecular weight excluding hydrogens is 295 g/mol. The maximum atomic E-state index is 11.1. The summed E-state index contributed by atoms with van der Waals surface area (Å²) in [4.78, 5) is 11.1. The van der Waals surface area contributed by atoms with Crippen LogP contribution in [0.15, 0.2) is 42.5 Å². The smallest absolute Gasteiger partial charge is 0.330 e. The summed E-state index contributed by atoms with van der Waals surface area (Å²) in [5, 5.41) is 1.18. The van der Waals surface area contributed by atoms with Gasteiger partial charge in [0.2, 0.25) is 0 Å². The molecule has 1 aliphatic carbocycles. The Morgan fingerprint density at radius 1 is 1.35 bits per heavy atom. The molecule has 1 aromatic rings. The lowest BCUT2D eigenvalue weighted by Gasteiger charge is -2.00. The summed E-state index contributed by atoms with van der Waals surface area (Å²) < 4.78 is 4.79. The Bertz CT molecular complexity index is 549. The predicted molar refractivity (Wildman–Crippen MR) is 82.2 cm³/mol. The first kappa shape index (κ1) is 15.1. The van der Waals surface area contributed by atoms with Crippen LogP contribution in [0.1, 0.15) is 24.8 Å². The van der Waals surface area contributed by atoms with Gasteiger partial charge in [0.25, 0.3) is 0 Å². The van der Waals surface area contributed by atoms with Gasteiger partial charge < -0.3 is 4.74 Å². The second-order valence-corrected chi connectivity index (χ2v) is 5.49. The quantitative estimate of drug-likeness (QED) is 0.445. The molecule has 106 valence electrons. The van der Waals surface area contributed by atoms with Crippen molar-refractivity contribution < 1.29 is 9.53 Å². The van der Waals surface area contributed by atoms with Crippen LogP contribution in [0.3, 0.4) is 0 Å². The second kappa shape index (κ2) is 6.96. The van der Waals surface area contributed by atoms with E-state index in [0.717, 1.165) is 6.42 Å². The summed E-state index contributed by atoms with van der Waals surface area (Å²) in [5.41, 5.74) is 1.21. The highest BCUT2D eigenvalue weighted by molar-refractivity contribution is 6.42. The molecule has 1 aliphatic rings. The zero-order valence-corrected chi connectivity index (χ0v) is 12.7. The van der Waals surface area contributed by atoms with E-state index in [4.69, 9.17) is 27.9 Å². The van der Waals surface area contributed by atoms with Crippen LogP contribution in [0.25, 0.3) is 0 Å². The lowest BCUT2D eigenvalue weighted by molar-refractivity contribution is -0.137. The van der Waals surface area contributed by atoms with Crippen molar-refractivity contribution in [2.24, 2.45) is 5.92 Å². The molecule has 2 atom stereocenters. The van der Waals surface area contributed by atoms with Gasteiger partial charge in [-0.15, -0.1) is 0 Å². The summed E-state index contributed by atoms with van der Waals surface area (Å²) in [7, 11) is 0. The molecule has 0 amide bonds. The van der Waals surface area contributed by atoms with E-state index in [1.807, 2.05) is 24.3 Å². The fourth-order valence-corrected chi connectivity index (χ4v) is 2.39. The van der Waals surface area contributed by atoms with Gasteiger partial charge in [-0.05, 0) is 42.9 Å². The highest BCUT2D eigenvalue weighted by atomic mass is 35.5. The van der Waals surface area contributed by atoms with Crippen LogP contribution in [0.5, 0.6) is 0 Å². The van der Waals surface area contributed by atoms with Crippen LogP contribution < -0.4 is 0 Å². The second-order valence-electron chi connectivity index (χ2n) is 4.68. The molecule has 0 aromatic heterocycles. The summed E-state index contributed by atoms with van der Waals surface area (Å²) in [5.74, 6) is 0.685. The fraction of sp³-hybridized carbons (Fsp3) is 0.312. The topological polar surface area (TPSA) is 26.3 Å². The summed E-state index contributed by atoms with van der Waals surface area (Å²) >= 11 is 11.9. The zero-order valence-electron chi connectivity index (χ0n) is 11.2. The molecule has 4 heteroatoms. The van der Waals surface area contributed by atoms with Crippen molar-refractivity contribution >= 4 is 29.2 Å². The molecule has 0 heterocycles. The Hall–Kier alpha value is -1.25. The molecule has 1 fully saturated rings. The Morgan fingerprint density at radius 3 is 2.85 bits per heavy atom. The van der Waals surface area contributed by atoms with Gasteiger partial charge in [-0.1, -0.05) is 47.5 Å². The third kappa shape index (κ3) is 4.12. The first-order valence-electron chi connectivity index (χ1n) is 6.58. The van der Waals surface area contributed by atoms with Crippen molar-refractivity contribution in [3.05, 3.63) is 58.1 Å². The van der Waals surface area contributed by atoms with Crippen LogP contribution in [0.2, 0.25) is 10.0 Å². The van der Waals surface area contributed by atoms with Crippen molar-refractivity contribution in [1.29, 1.82) is 0 Å². The first-order valence-corrected chi connectivity index (χ1v) is 7.34.